The average Bonchev–Trinajstić information content (AvgIpc) is 2.99. The Morgan fingerprint density at radius 3 is 1.40 bits per heavy atom. The van der Waals surface area contributed by atoms with Gasteiger partial charge < -0.3 is 10.4 Å². The first-order valence-corrected chi connectivity index (χ1v) is 14.1. The Morgan fingerprint density at radius 1 is 0.700 bits per heavy atom. The molecule has 4 aromatic rings. The van der Waals surface area contributed by atoms with Crippen LogP contribution in [-0.4, -0.2) is 60.1 Å². The van der Waals surface area contributed by atoms with Gasteiger partial charge in [-0.2, -0.15) is 0 Å². The largest absolute Gasteiger partial charge is 0.411 e. The maximum Gasteiger partial charge on any atom is 0.187 e. The Kier molecular flexibility index (Phi) is 9.51. The summed E-state index contributed by atoms with van der Waals surface area (Å²) in [6.07, 6.45) is 6.43. The van der Waals surface area contributed by atoms with Crippen molar-refractivity contribution in [2.75, 3.05) is 12.5 Å². The van der Waals surface area contributed by atoms with Gasteiger partial charge in [0.2, 0.25) is 0 Å². The van der Waals surface area contributed by atoms with Crippen molar-refractivity contribution in [3.8, 4) is 0 Å². The van der Waals surface area contributed by atoms with Gasteiger partial charge in [-0.3, -0.25) is 4.79 Å². The zero-order valence-corrected chi connectivity index (χ0v) is 22.8. The molecule has 2 N–H and O–H groups in total. The number of carbonyl (C=O) groups excluding carboxylic acids is 1. The van der Waals surface area contributed by atoms with Crippen LogP contribution in [0.5, 0.6) is 0 Å². The van der Waals surface area contributed by atoms with E-state index in [-0.39, 0.29) is 33.9 Å². The molecule has 0 spiro atoms. The number of Topliss-reactive ketones (excluding diaryl/α,β-unsaturated/α-hetero) is 1. The molecule has 0 saturated carbocycles. The van der Waals surface area contributed by atoms with Crippen LogP contribution in [0, 0.1) is 11.6 Å². The van der Waals surface area contributed by atoms with E-state index >= 15 is 0 Å². The van der Waals surface area contributed by atoms with Crippen molar-refractivity contribution in [2.24, 2.45) is 10.3 Å². The Labute approximate surface area is 236 Å². The number of halogens is 2. The molecule has 2 atom stereocenters. The fourth-order valence-electron chi connectivity index (χ4n) is 4.07. The first-order valence-electron chi connectivity index (χ1n) is 11.6. The minimum Gasteiger partial charge on any atom is -0.411 e. The molecule has 4 rings (SSSR count). The lowest BCUT2D eigenvalue weighted by Gasteiger charge is -2.24. The summed E-state index contributed by atoms with van der Waals surface area (Å²) < 4.78 is 27.8. The van der Waals surface area contributed by atoms with E-state index in [1.54, 1.807) is 12.5 Å². The summed E-state index contributed by atoms with van der Waals surface area (Å²) in [6, 6.07) is 13.1. The smallest absolute Gasteiger partial charge is 0.187 e. The number of ketones is 1. The minimum atomic E-state index is -1.33. The predicted molar refractivity (Wildman–Crippen MR) is 148 cm³/mol. The van der Waals surface area contributed by atoms with Crippen LogP contribution in [0.15, 0.2) is 93.7 Å². The van der Waals surface area contributed by atoms with Crippen LogP contribution in [0.25, 0.3) is 0 Å². The number of rotatable bonds is 10. The molecule has 0 fully saturated rings. The van der Waals surface area contributed by atoms with E-state index in [1.807, 2.05) is 0 Å². The van der Waals surface area contributed by atoms with Gasteiger partial charge in [0.25, 0.3) is 0 Å². The number of oxime groups is 2. The molecule has 204 valence electrons. The molecule has 2 aromatic carbocycles. The lowest BCUT2D eigenvalue weighted by Crippen LogP contribution is -2.33. The van der Waals surface area contributed by atoms with Crippen LogP contribution in [0.4, 0.5) is 8.78 Å². The predicted octanol–water partition coefficient (Wildman–Crippen LogP) is 5.18. The monoisotopic (exact) mass is 580 g/mol. The molecular weight excluding hydrogens is 558 g/mol. The molecule has 0 aliphatic heterocycles. The summed E-state index contributed by atoms with van der Waals surface area (Å²) in [5.74, 6) is -4.37. The van der Waals surface area contributed by atoms with Gasteiger partial charge in [-0.15, -0.1) is 0 Å². The van der Waals surface area contributed by atoms with E-state index < -0.39 is 29.3 Å². The average molecular weight is 581 g/mol. The fraction of sp³-hybridized carbons (Fsp3) is 0.148. The standard InChI is InChI=1S/C27H22F2N6O3S2/c1-39-26-30-13-11-19(32-26)23(34-37)21(15-3-7-17(28)8-4-15)25(36)22(16-5-9-18(29)10-6-16)24(35-38)20-12-14-31-27(33-20)40-2/h3-14,21-22,37-38H,1-2H3/b34-23+,35-24+. The third-order valence-corrected chi connectivity index (χ3v) is 7.02. The lowest BCUT2D eigenvalue weighted by atomic mass is 9.77. The number of carbonyl (C=O) groups is 1. The molecular formula is C27H22F2N6O3S2. The lowest BCUT2D eigenvalue weighted by molar-refractivity contribution is -0.119. The zero-order valence-electron chi connectivity index (χ0n) is 21.1. The first kappa shape index (κ1) is 28.8. The fourth-order valence-corrected chi connectivity index (χ4v) is 4.78. The number of hydrogen-bond acceptors (Lipinski definition) is 11. The van der Waals surface area contributed by atoms with Crippen molar-refractivity contribution in [3.05, 3.63) is 107 Å². The van der Waals surface area contributed by atoms with E-state index in [2.05, 4.69) is 30.2 Å². The third kappa shape index (κ3) is 6.32. The topological polar surface area (TPSA) is 134 Å². The van der Waals surface area contributed by atoms with Crippen molar-refractivity contribution < 1.29 is 24.0 Å². The summed E-state index contributed by atoms with van der Waals surface area (Å²) >= 11 is 2.49. The second-order valence-corrected chi connectivity index (χ2v) is 9.75. The molecule has 2 heterocycles. The van der Waals surface area contributed by atoms with Crippen molar-refractivity contribution in [1.82, 2.24) is 19.9 Å². The Hall–Kier alpha value is -4.23. The van der Waals surface area contributed by atoms with Crippen molar-refractivity contribution in [2.45, 2.75) is 22.1 Å². The maximum atomic E-state index is 14.6. The third-order valence-electron chi connectivity index (χ3n) is 5.90. The normalized spacial score (nSPS) is 13.6. The Balaban J connectivity index is 1.94. The van der Waals surface area contributed by atoms with E-state index in [0.29, 0.717) is 10.3 Å². The Morgan fingerprint density at radius 2 is 1.07 bits per heavy atom. The quantitative estimate of drug-likeness (QED) is 0.0855. The first-order chi connectivity index (χ1) is 19.4. The molecule has 0 radical (unpaired) electrons. The van der Waals surface area contributed by atoms with Crippen LogP contribution in [0.1, 0.15) is 34.4 Å². The van der Waals surface area contributed by atoms with Gasteiger partial charge in [-0.25, -0.2) is 28.7 Å². The molecule has 40 heavy (non-hydrogen) atoms. The highest BCUT2D eigenvalue weighted by Gasteiger charge is 2.39. The highest BCUT2D eigenvalue weighted by atomic mass is 32.2. The molecule has 2 unspecified atom stereocenters. The molecule has 0 amide bonds. The van der Waals surface area contributed by atoms with E-state index in [1.165, 1.54) is 96.6 Å². The number of benzene rings is 2. The summed E-state index contributed by atoms with van der Waals surface area (Å²) in [6.45, 7) is 0. The van der Waals surface area contributed by atoms with Crippen molar-refractivity contribution >= 4 is 40.7 Å². The number of thioether (sulfide) groups is 2. The molecule has 13 heteroatoms. The highest BCUT2D eigenvalue weighted by molar-refractivity contribution is 7.98. The van der Waals surface area contributed by atoms with Gasteiger partial charge in [-0.05, 0) is 60.0 Å². The van der Waals surface area contributed by atoms with Gasteiger partial charge in [0.15, 0.2) is 16.1 Å². The van der Waals surface area contributed by atoms with Crippen molar-refractivity contribution in [3.63, 3.8) is 0 Å². The number of aromatic nitrogens is 4. The second kappa shape index (κ2) is 13.2. The molecule has 9 nitrogen and oxygen atoms in total. The number of nitrogens with zero attached hydrogens (tertiary/aromatic N) is 6. The van der Waals surface area contributed by atoms with Gasteiger partial charge in [0, 0.05) is 12.4 Å². The molecule has 0 bridgehead atoms. The highest BCUT2D eigenvalue weighted by Crippen LogP contribution is 2.33. The van der Waals surface area contributed by atoms with Crippen LogP contribution in [0.3, 0.4) is 0 Å². The second-order valence-electron chi connectivity index (χ2n) is 8.20. The van der Waals surface area contributed by atoms with E-state index in [0.717, 1.165) is 0 Å². The molecule has 2 aromatic heterocycles. The molecule has 0 saturated heterocycles. The van der Waals surface area contributed by atoms with Gasteiger partial charge >= 0.3 is 0 Å². The van der Waals surface area contributed by atoms with Crippen LogP contribution < -0.4 is 0 Å². The van der Waals surface area contributed by atoms with E-state index in [9.17, 15) is 24.0 Å². The van der Waals surface area contributed by atoms with Gasteiger partial charge in [0.1, 0.15) is 23.1 Å². The summed E-state index contributed by atoms with van der Waals surface area (Å²) in [4.78, 5) is 31.6. The zero-order chi connectivity index (χ0) is 28.6. The Bertz CT molecular complexity index is 1440. The summed E-state index contributed by atoms with van der Waals surface area (Å²) in [7, 11) is 0. The molecule has 0 aliphatic carbocycles. The van der Waals surface area contributed by atoms with Gasteiger partial charge in [-0.1, -0.05) is 58.1 Å². The van der Waals surface area contributed by atoms with Gasteiger partial charge in [0.05, 0.1) is 23.2 Å². The number of hydrogen-bond donors (Lipinski definition) is 2. The van der Waals surface area contributed by atoms with Crippen LogP contribution in [0.2, 0.25) is 0 Å². The summed E-state index contributed by atoms with van der Waals surface area (Å²) in [5, 5.41) is 28.0. The van der Waals surface area contributed by atoms with Crippen LogP contribution in [-0.2, 0) is 4.79 Å². The van der Waals surface area contributed by atoms with Crippen LogP contribution >= 0.6 is 23.5 Å². The van der Waals surface area contributed by atoms with E-state index in [4.69, 9.17) is 0 Å². The summed E-state index contributed by atoms with van der Waals surface area (Å²) in [5.41, 5.74) is 0.561. The minimum absolute atomic E-state index is 0.147. The van der Waals surface area contributed by atoms with Crippen molar-refractivity contribution in [1.29, 1.82) is 0 Å². The maximum absolute atomic E-state index is 14.6. The molecule has 0 aliphatic rings. The SMILES string of the molecule is CSc1nccc(/C(=N\O)C(C(=O)C(/C(=N/O)c2ccnc(SC)n2)c2ccc(F)cc2)c2ccc(F)cc2)n1.